The Labute approximate surface area is 131 Å². The van der Waals surface area contributed by atoms with Gasteiger partial charge in [-0.1, -0.05) is 23.5 Å². The van der Waals surface area contributed by atoms with E-state index in [1.54, 1.807) is 13.1 Å². The molecule has 4 N–H and O–H groups in total. The molecule has 2 amide bonds. The summed E-state index contributed by atoms with van der Waals surface area (Å²) in [5.74, 6) is -0.492. The Morgan fingerprint density at radius 1 is 1.41 bits per heavy atom. The van der Waals surface area contributed by atoms with Gasteiger partial charge in [0.2, 0.25) is 0 Å². The molecule has 0 saturated heterocycles. The van der Waals surface area contributed by atoms with E-state index in [-0.39, 0.29) is 12.3 Å². The van der Waals surface area contributed by atoms with Gasteiger partial charge in [0.05, 0.1) is 0 Å². The van der Waals surface area contributed by atoms with Crippen LogP contribution < -0.4 is 21.1 Å². The zero-order valence-corrected chi connectivity index (χ0v) is 13.0. The second-order valence-corrected chi connectivity index (χ2v) is 5.46. The van der Waals surface area contributed by atoms with Gasteiger partial charge in [-0.25, -0.2) is 4.98 Å². The SMILES string of the molecule is CNc1nc(C(N)=O)c(NC(=O)COc2cccc(C)c2)s1. The minimum absolute atomic E-state index is 0.0262. The maximum absolute atomic E-state index is 11.9. The summed E-state index contributed by atoms with van der Waals surface area (Å²) in [6.45, 7) is 1.76. The lowest BCUT2D eigenvalue weighted by atomic mass is 10.2. The van der Waals surface area contributed by atoms with Crippen molar-refractivity contribution in [3.8, 4) is 5.75 Å². The molecular weight excluding hydrogens is 304 g/mol. The minimum atomic E-state index is -0.701. The van der Waals surface area contributed by atoms with E-state index in [0.717, 1.165) is 16.9 Å². The Morgan fingerprint density at radius 3 is 2.82 bits per heavy atom. The van der Waals surface area contributed by atoms with E-state index in [9.17, 15) is 9.59 Å². The molecule has 0 spiro atoms. The Balaban J connectivity index is 2.00. The molecule has 0 aliphatic heterocycles. The van der Waals surface area contributed by atoms with Crippen LogP contribution in [0.1, 0.15) is 16.1 Å². The molecule has 7 nitrogen and oxygen atoms in total. The van der Waals surface area contributed by atoms with Crippen LogP contribution in [0.5, 0.6) is 5.75 Å². The highest BCUT2D eigenvalue weighted by Crippen LogP contribution is 2.27. The number of nitrogens with two attached hydrogens (primary N) is 1. The van der Waals surface area contributed by atoms with Gasteiger partial charge in [-0.3, -0.25) is 9.59 Å². The Hall–Kier alpha value is -2.61. The van der Waals surface area contributed by atoms with Crippen molar-refractivity contribution in [1.29, 1.82) is 0 Å². The van der Waals surface area contributed by atoms with Crippen molar-refractivity contribution in [3.05, 3.63) is 35.5 Å². The van der Waals surface area contributed by atoms with Crippen LogP contribution in [0, 0.1) is 6.92 Å². The van der Waals surface area contributed by atoms with Crippen LogP contribution in [-0.4, -0.2) is 30.5 Å². The molecule has 0 aliphatic rings. The molecule has 0 fully saturated rings. The maximum Gasteiger partial charge on any atom is 0.270 e. The van der Waals surface area contributed by atoms with E-state index < -0.39 is 11.8 Å². The zero-order chi connectivity index (χ0) is 16.1. The number of aryl methyl sites for hydroxylation is 1. The summed E-state index contributed by atoms with van der Waals surface area (Å²) in [6, 6.07) is 7.37. The predicted octanol–water partition coefficient (Wildman–Crippen LogP) is 1.61. The standard InChI is InChI=1S/C14H16N4O3S/c1-8-4-3-5-9(6-8)21-7-10(19)17-13-11(12(15)20)18-14(16-2)22-13/h3-6H,7H2,1-2H3,(H2,15,20)(H,16,18)(H,17,19). The fourth-order valence-corrected chi connectivity index (χ4v) is 2.54. The van der Waals surface area contributed by atoms with Crippen molar-refractivity contribution in [2.45, 2.75) is 6.92 Å². The number of hydrogen-bond donors (Lipinski definition) is 3. The average molecular weight is 320 g/mol. The highest BCUT2D eigenvalue weighted by Gasteiger charge is 2.17. The van der Waals surface area contributed by atoms with Crippen molar-refractivity contribution in [2.24, 2.45) is 5.73 Å². The van der Waals surface area contributed by atoms with Crippen LogP contribution in [0.15, 0.2) is 24.3 Å². The third-order valence-corrected chi connectivity index (χ3v) is 3.68. The summed E-state index contributed by atoms with van der Waals surface area (Å²) in [7, 11) is 1.66. The van der Waals surface area contributed by atoms with Gasteiger partial charge in [0, 0.05) is 7.05 Å². The fraction of sp³-hybridized carbons (Fsp3) is 0.214. The zero-order valence-electron chi connectivity index (χ0n) is 12.2. The molecule has 0 unspecified atom stereocenters. The molecule has 2 aromatic rings. The van der Waals surface area contributed by atoms with E-state index >= 15 is 0 Å². The third kappa shape index (κ3) is 3.95. The van der Waals surface area contributed by atoms with Crippen molar-refractivity contribution in [2.75, 3.05) is 24.3 Å². The van der Waals surface area contributed by atoms with Crippen LogP contribution >= 0.6 is 11.3 Å². The highest BCUT2D eigenvalue weighted by atomic mass is 32.1. The largest absolute Gasteiger partial charge is 0.484 e. The molecule has 1 aromatic carbocycles. The molecular formula is C14H16N4O3S. The van der Waals surface area contributed by atoms with Gasteiger partial charge in [-0.05, 0) is 24.6 Å². The second kappa shape index (κ2) is 6.90. The van der Waals surface area contributed by atoms with E-state index in [1.165, 1.54) is 0 Å². The number of primary amides is 1. The number of nitrogens with one attached hydrogen (secondary N) is 2. The molecule has 1 heterocycles. The molecule has 8 heteroatoms. The van der Waals surface area contributed by atoms with Crippen molar-refractivity contribution < 1.29 is 14.3 Å². The summed E-state index contributed by atoms with van der Waals surface area (Å²) in [5.41, 5.74) is 6.30. The molecule has 0 atom stereocenters. The first-order chi connectivity index (χ1) is 10.5. The van der Waals surface area contributed by atoms with Crippen LogP contribution in [-0.2, 0) is 4.79 Å². The lowest BCUT2D eigenvalue weighted by molar-refractivity contribution is -0.118. The number of amides is 2. The van der Waals surface area contributed by atoms with Gasteiger partial charge >= 0.3 is 0 Å². The predicted molar refractivity (Wildman–Crippen MR) is 85.5 cm³/mol. The molecule has 1 aromatic heterocycles. The molecule has 116 valence electrons. The number of carbonyl (C=O) groups is 2. The summed E-state index contributed by atoms with van der Waals surface area (Å²) in [6.07, 6.45) is 0. The number of carbonyl (C=O) groups excluding carboxylic acids is 2. The summed E-state index contributed by atoms with van der Waals surface area (Å²) >= 11 is 1.13. The topological polar surface area (TPSA) is 106 Å². The van der Waals surface area contributed by atoms with Crippen LogP contribution in [0.25, 0.3) is 0 Å². The van der Waals surface area contributed by atoms with Crippen LogP contribution in [0.3, 0.4) is 0 Å². The Kier molecular flexibility index (Phi) is 4.95. The molecule has 0 radical (unpaired) electrons. The lowest BCUT2D eigenvalue weighted by Gasteiger charge is -2.07. The van der Waals surface area contributed by atoms with Crippen LogP contribution in [0.2, 0.25) is 0 Å². The van der Waals surface area contributed by atoms with Gasteiger partial charge in [0.15, 0.2) is 17.4 Å². The number of rotatable bonds is 6. The number of nitrogens with zero attached hydrogens (tertiary/aromatic N) is 1. The van der Waals surface area contributed by atoms with Crippen molar-refractivity contribution in [1.82, 2.24) is 4.98 Å². The van der Waals surface area contributed by atoms with Crippen molar-refractivity contribution in [3.63, 3.8) is 0 Å². The van der Waals surface area contributed by atoms with E-state index in [4.69, 9.17) is 10.5 Å². The van der Waals surface area contributed by atoms with Gasteiger partial charge in [-0.15, -0.1) is 0 Å². The smallest absolute Gasteiger partial charge is 0.270 e. The van der Waals surface area contributed by atoms with Gasteiger partial charge < -0.3 is 21.1 Å². The lowest BCUT2D eigenvalue weighted by Crippen LogP contribution is -2.22. The normalized spacial score (nSPS) is 10.1. The van der Waals surface area contributed by atoms with Gasteiger partial charge in [-0.2, -0.15) is 0 Å². The highest BCUT2D eigenvalue weighted by molar-refractivity contribution is 7.20. The molecule has 22 heavy (non-hydrogen) atoms. The number of anilines is 2. The van der Waals surface area contributed by atoms with E-state index in [1.807, 2.05) is 25.1 Å². The Morgan fingerprint density at radius 2 is 2.18 bits per heavy atom. The molecule has 0 bridgehead atoms. The quantitative estimate of drug-likeness (QED) is 0.749. The van der Waals surface area contributed by atoms with Gasteiger partial charge in [0.1, 0.15) is 10.8 Å². The van der Waals surface area contributed by atoms with Crippen LogP contribution in [0.4, 0.5) is 10.1 Å². The van der Waals surface area contributed by atoms with Crippen molar-refractivity contribution >= 4 is 33.3 Å². The number of hydrogen-bond acceptors (Lipinski definition) is 6. The molecule has 0 saturated carbocycles. The van der Waals surface area contributed by atoms with E-state index in [2.05, 4.69) is 15.6 Å². The average Bonchev–Trinajstić information content (AvgIpc) is 2.88. The second-order valence-electron chi connectivity index (χ2n) is 4.46. The number of thiazole rings is 1. The summed E-state index contributed by atoms with van der Waals surface area (Å²) in [4.78, 5) is 27.2. The molecule has 2 rings (SSSR count). The first-order valence-electron chi connectivity index (χ1n) is 6.47. The molecule has 0 aliphatic carbocycles. The fourth-order valence-electron chi connectivity index (χ4n) is 1.70. The first-order valence-corrected chi connectivity index (χ1v) is 7.29. The summed E-state index contributed by atoms with van der Waals surface area (Å²) < 4.78 is 5.39. The Bertz CT molecular complexity index is 699. The first kappa shape index (κ1) is 15.8. The monoisotopic (exact) mass is 320 g/mol. The number of aromatic nitrogens is 1. The van der Waals surface area contributed by atoms with E-state index in [0.29, 0.717) is 15.9 Å². The minimum Gasteiger partial charge on any atom is -0.484 e. The van der Waals surface area contributed by atoms with Gasteiger partial charge in [0.25, 0.3) is 11.8 Å². The summed E-state index contributed by atoms with van der Waals surface area (Å²) in [5, 5.41) is 6.17. The third-order valence-electron chi connectivity index (χ3n) is 2.69. The number of ether oxygens (including phenoxy) is 1. The maximum atomic E-state index is 11.9. The number of benzene rings is 1.